The summed E-state index contributed by atoms with van der Waals surface area (Å²) in [6, 6.07) is 3.88. The van der Waals surface area contributed by atoms with Crippen LogP contribution in [0.25, 0.3) is 0 Å². The van der Waals surface area contributed by atoms with Crippen molar-refractivity contribution in [2.75, 3.05) is 21.3 Å². The first-order chi connectivity index (χ1) is 7.28. The zero-order chi connectivity index (χ0) is 11.3. The SMILES string of the molecule is C[CH]Cc1ccc(OC)c(OC)c1OC. The largest absolute Gasteiger partial charge is 0.493 e. The number of rotatable bonds is 5. The van der Waals surface area contributed by atoms with Gasteiger partial charge in [0.2, 0.25) is 5.75 Å². The summed E-state index contributed by atoms with van der Waals surface area (Å²) in [5.41, 5.74) is 1.10. The highest BCUT2D eigenvalue weighted by Crippen LogP contribution is 2.39. The van der Waals surface area contributed by atoms with Crippen molar-refractivity contribution < 1.29 is 14.2 Å². The molecule has 1 radical (unpaired) electrons. The second-order valence-corrected chi connectivity index (χ2v) is 3.11. The van der Waals surface area contributed by atoms with Crippen molar-refractivity contribution >= 4 is 0 Å². The van der Waals surface area contributed by atoms with Crippen LogP contribution < -0.4 is 14.2 Å². The molecule has 3 nitrogen and oxygen atoms in total. The molecular weight excluding hydrogens is 192 g/mol. The Balaban J connectivity index is 3.21. The van der Waals surface area contributed by atoms with Gasteiger partial charge in [-0.1, -0.05) is 13.0 Å². The van der Waals surface area contributed by atoms with Crippen molar-refractivity contribution in [2.45, 2.75) is 13.3 Å². The Hall–Kier alpha value is -1.38. The van der Waals surface area contributed by atoms with Gasteiger partial charge in [0.1, 0.15) is 0 Å². The van der Waals surface area contributed by atoms with Gasteiger partial charge in [-0.05, 0) is 24.5 Å². The molecule has 0 bridgehead atoms. The number of hydrogen-bond donors (Lipinski definition) is 0. The molecule has 1 aromatic rings. The summed E-state index contributed by atoms with van der Waals surface area (Å²) >= 11 is 0. The third-order valence-corrected chi connectivity index (χ3v) is 2.21. The molecule has 0 aliphatic rings. The molecule has 0 aliphatic carbocycles. The molecule has 0 saturated carbocycles. The Bertz CT molecular complexity index is 321. The fourth-order valence-corrected chi connectivity index (χ4v) is 1.54. The van der Waals surface area contributed by atoms with E-state index in [4.69, 9.17) is 14.2 Å². The Morgan fingerprint density at radius 3 is 2.13 bits per heavy atom. The van der Waals surface area contributed by atoms with Crippen LogP contribution in [0.15, 0.2) is 12.1 Å². The molecule has 0 saturated heterocycles. The van der Waals surface area contributed by atoms with Gasteiger partial charge in [-0.3, -0.25) is 0 Å². The van der Waals surface area contributed by atoms with E-state index in [1.165, 1.54) is 0 Å². The molecule has 83 valence electrons. The molecule has 3 heteroatoms. The molecule has 0 spiro atoms. The van der Waals surface area contributed by atoms with Gasteiger partial charge in [0.25, 0.3) is 0 Å². The minimum atomic E-state index is 0.652. The van der Waals surface area contributed by atoms with Gasteiger partial charge in [-0.15, -0.1) is 0 Å². The van der Waals surface area contributed by atoms with Crippen molar-refractivity contribution in [1.82, 2.24) is 0 Å². The van der Waals surface area contributed by atoms with E-state index in [2.05, 4.69) is 6.42 Å². The normalized spacial score (nSPS) is 9.87. The average molecular weight is 209 g/mol. The molecule has 0 aromatic heterocycles. The lowest BCUT2D eigenvalue weighted by molar-refractivity contribution is 0.322. The first-order valence-electron chi connectivity index (χ1n) is 4.84. The lowest BCUT2D eigenvalue weighted by Crippen LogP contribution is -1.98. The highest BCUT2D eigenvalue weighted by molar-refractivity contribution is 5.56. The Labute approximate surface area is 91.0 Å². The molecule has 0 aliphatic heterocycles. The van der Waals surface area contributed by atoms with Crippen LogP contribution in [0.2, 0.25) is 0 Å². The van der Waals surface area contributed by atoms with Crippen molar-refractivity contribution in [3.05, 3.63) is 24.1 Å². The fourth-order valence-electron chi connectivity index (χ4n) is 1.54. The molecule has 0 amide bonds. The quantitative estimate of drug-likeness (QED) is 0.745. The van der Waals surface area contributed by atoms with Crippen molar-refractivity contribution in [3.8, 4) is 17.2 Å². The van der Waals surface area contributed by atoms with Crippen molar-refractivity contribution in [2.24, 2.45) is 0 Å². The minimum Gasteiger partial charge on any atom is -0.493 e. The average Bonchev–Trinajstić information content (AvgIpc) is 2.28. The van der Waals surface area contributed by atoms with Crippen LogP contribution in [0, 0.1) is 6.42 Å². The number of methoxy groups -OCH3 is 3. The van der Waals surface area contributed by atoms with Crippen LogP contribution in [-0.2, 0) is 6.42 Å². The smallest absolute Gasteiger partial charge is 0.203 e. The third kappa shape index (κ3) is 2.35. The van der Waals surface area contributed by atoms with Crippen LogP contribution in [0.3, 0.4) is 0 Å². The van der Waals surface area contributed by atoms with Gasteiger partial charge >= 0.3 is 0 Å². The maximum Gasteiger partial charge on any atom is 0.203 e. The highest BCUT2D eigenvalue weighted by atomic mass is 16.5. The first-order valence-corrected chi connectivity index (χ1v) is 4.84. The summed E-state index contributed by atoms with van der Waals surface area (Å²) < 4.78 is 15.8. The minimum absolute atomic E-state index is 0.652. The van der Waals surface area contributed by atoms with E-state index in [0.717, 1.165) is 17.7 Å². The van der Waals surface area contributed by atoms with Crippen LogP contribution in [0.4, 0.5) is 0 Å². The van der Waals surface area contributed by atoms with Crippen LogP contribution >= 0.6 is 0 Å². The first kappa shape index (κ1) is 11.7. The molecule has 15 heavy (non-hydrogen) atoms. The molecule has 0 fully saturated rings. The van der Waals surface area contributed by atoms with Gasteiger partial charge in [0, 0.05) is 0 Å². The molecular formula is C12H17O3. The van der Waals surface area contributed by atoms with E-state index in [0.29, 0.717) is 11.5 Å². The molecule has 1 aromatic carbocycles. The Morgan fingerprint density at radius 1 is 1.00 bits per heavy atom. The maximum atomic E-state index is 5.34. The molecule has 0 N–H and O–H groups in total. The summed E-state index contributed by atoms with van der Waals surface area (Å²) in [5, 5.41) is 0. The molecule has 0 unspecified atom stereocenters. The highest BCUT2D eigenvalue weighted by Gasteiger charge is 2.14. The third-order valence-electron chi connectivity index (χ3n) is 2.21. The molecule has 0 heterocycles. The van der Waals surface area contributed by atoms with Gasteiger partial charge in [-0.2, -0.15) is 0 Å². The second-order valence-electron chi connectivity index (χ2n) is 3.11. The zero-order valence-corrected chi connectivity index (χ0v) is 9.66. The summed E-state index contributed by atoms with van der Waals surface area (Å²) in [6.07, 6.45) is 2.92. The van der Waals surface area contributed by atoms with Crippen LogP contribution in [0.5, 0.6) is 17.2 Å². The van der Waals surface area contributed by atoms with E-state index in [9.17, 15) is 0 Å². The van der Waals surface area contributed by atoms with Gasteiger partial charge in [0.15, 0.2) is 11.5 Å². The van der Waals surface area contributed by atoms with E-state index >= 15 is 0 Å². The predicted octanol–water partition coefficient (Wildman–Crippen LogP) is 2.48. The van der Waals surface area contributed by atoms with Crippen LogP contribution in [-0.4, -0.2) is 21.3 Å². The summed E-state index contributed by atoms with van der Waals surface area (Å²) in [5.74, 6) is 2.09. The van der Waals surface area contributed by atoms with Crippen molar-refractivity contribution in [3.63, 3.8) is 0 Å². The van der Waals surface area contributed by atoms with Crippen molar-refractivity contribution in [1.29, 1.82) is 0 Å². The fraction of sp³-hybridized carbons (Fsp3) is 0.417. The standard InChI is InChI=1S/C12H17O3/c1-5-6-9-7-8-10(13-2)12(15-4)11(9)14-3/h5,7-8H,6H2,1-4H3. The summed E-state index contributed by atoms with van der Waals surface area (Å²) in [7, 11) is 4.86. The zero-order valence-electron chi connectivity index (χ0n) is 9.66. The number of benzene rings is 1. The Morgan fingerprint density at radius 2 is 1.67 bits per heavy atom. The summed E-state index contributed by atoms with van der Waals surface area (Å²) in [4.78, 5) is 0. The van der Waals surface area contributed by atoms with Crippen LogP contribution in [0.1, 0.15) is 12.5 Å². The van der Waals surface area contributed by atoms with E-state index in [1.807, 2.05) is 19.1 Å². The van der Waals surface area contributed by atoms with E-state index < -0.39 is 0 Å². The van der Waals surface area contributed by atoms with E-state index in [1.54, 1.807) is 21.3 Å². The number of hydrogen-bond acceptors (Lipinski definition) is 3. The van der Waals surface area contributed by atoms with Gasteiger partial charge in [-0.25, -0.2) is 0 Å². The summed E-state index contributed by atoms with van der Waals surface area (Å²) in [6.45, 7) is 2.01. The molecule has 0 atom stereocenters. The number of ether oxygens (including phenoxy) is 3. The predicted molar refractivity (Wildman–Crippen MR) is 59.8 cm³/mol. The topological polar surface area (TPSA) is 27.7 Å². The maximum absolute atomic E-state index is 5.34. The van der Waals surface area contributed by atoms with Gasteiger partial charge in [0.05, 0.1) is 21.3 Å². The lowest BCUT2D eigenvalue weighted by atomic mass is 10.1. The Kier molecular flexibility index (Phi) is 4.28. The van der Waals surface area contributed by atoms with E-state index in [-0.39, 0.29) is 0 Å². The second kappa shape index (κ2) is 5.49. The lowest BCUT2D eigenvalue weighted by Gasteiger charge is -2.15. The monoisotopic (exact) mass is 209 g/mol. The van der Waals surface area contributed by atoms with Gasteiger partial charge < -0.3 is 14.2 Å². The molecule has 1 rings (SSSR count).